The Morgan fingerprint density at radius 3 is 2.68 bits per heavy atom. The van der Waals surface area contributed by atoms with E-state index >= 15 is 0 Å². The second-order valence-electron chi connectivity index (χ2n) is 5.66. The molecule has 2 N–H and O–H groups in total. The molecule has 3 rings (SSSR count). The smallest absolute Gasteiger partial charge is 0.222 e. The van der Waals surface area contributed by atoms with E-state index in [1.807, 2.05) is 0 Å². The van der Waals surface area contributed by atoms with E-state index in [4.69, 9.17) is 16.7 Å². The van der Waals surface area contributed by atoms with Crippen LogP contribution in [0.25, 0.3) is 10.9 Å². The zero-order valence-corrected chi connectivity index (χ0v) is 12.9. The number of rotatable bonds is 4. The molecule has 1 fully saturated rings. The van der Waals surface area contributed by atoms with Gasteiger partial charge in [-0.3, -0.25) is 0 Å². The molecule has 5 nitrogen and oxygen atoms in total. The molecule has 0 unspecified atom stereocenters. The summed E-state index contributed by atoms with van der Waals surface area (Å²) in [6.45, 7) is 0.424. The van der Waals surface area contributed by atoms with Crippen molar-refractivity contribution < 1.29 is 14.6 Å². The van der Waals surface area contributed by atoms with Crippen molar-refractivity contribution in [1.82, 2.24) is 9.97 Å². The van der Waals surface area contributed by atoms with Gasteiger partial charge in [-0.05, 0) is 31.4 Å². The number of alkyl halides is 1. The Hall–Kier alpha value is -1.66. The van der Waals surface area contributed by atoms with Gasteiger partial charge in [-0.2, -0.15) is 4.98 Å². The van der Waals surface area contributed by atoms with Crippen molar-refractivity contribution in [2.75, 3.05) is 25.1 Å². The first kappa shape index (κ1) is 15.2. The number of aliphatic hydroxyl groups excluding tert-OH is 1. The summed E-state index contributed by atoms with van der Waals surface area (Å²) in [7, 11) is 1.80. The fourth-order valence-electron chi connectivity index (χ4n) is 2.57. The first-order chi connectivity index (χ1) is 10.4. The number of aliphatic hydroxyl groups is 1. The third kappa shape index (κ3) is 2.46. The molecule has 0 radical (unpaired) electrons. The van der Waals surface area contributed by atoms with Gasteiger partial charge in [0.1, 0.15) is 0 Å². The van der Waals surface area contributed by atoms with Crippen LogP contribution in [0.3, 0.4) is 0 Å². The molecule has 1 aliphatic carbocycles. The van der Waals surface area contributed by atoms with Crippen LogP contribution in [0.5, 0.6) is 5.88 Å². The van der Waals surface area contributed by atoms with Gasteiger partial charge in [0.2, 0.25) is 5.88 Å². The van der Waals surface area contributed by atoms with Gasteiger partial charge in [-0.15, -0.1) is 0 Å². The fourth-order valence-corrected chi connectivity index (χ4v) is 2.83. The maximum absolute atomic E-state index is 14.5. The highest BCUT2D eigenvalue weighted by Gasteiger charge is 2.42. The van der Waals surface area contributed by atoms with E-state index in [-0.39, 0.29) is 18.3 Å². The van der Waals surface area contributed by atoms with Gasteiger partial charge in [-0.25, -0.2) is 9.37 Å². The van der Waals surface area contributed by atoms with Crippen LogP contribution < -0.4 is 4.90 Å². The number of halogens is 2. The van der Waals surface area contributed by atoms with Crippen molar-refractivity contribution in [2.45, 2.75) is 24.9 Å². The summed E-state index contributed by atoms with van der Waals surface area (Å²) in [4.78, 5) is 9.95. The van der Waals surface area contributed by atoms with Crippen molar-refractivity contribution in [2.24, 2.45) is 0 Å². The Bertz CT molecular complexity index is 721. The molecule has 0 saturated heterocycles. The molecule has 1 heterocycles. The molecule has 1 saturated carbocycles. The van der Waals surface area contributed by atoms with Crippen LogP contribution >= 0.6 is 11.6 Å². The highest BCUT2D eigenvalue weighted by molar-refractivity contribution is 6.35. The van der Waals surface area contributed by atoms with Crippen LogP contribution in [-0.4, -0.2) is 40.4 Å². The third-order valence-electron chi connectivity index (χ3n) is 4.14. The van der Waals surface area contributed by atoms with E-state index < -0.39 is 5.67 Å². The van der Waals surface area contributed by atoms with E-state index in [1.54, 1.807) is 24.1 Å². The fraction of sp³-hybridized carbons (Fsp3) is 0.467. The minimum absolute atomic E-state index is 0.00196. The van der Waals surface area contributed by atoms with Crippen LogP contribution in [0, 0.1) is 0 Å². The van der Waals surface area contributed by atoms with Gasteiger partial charge >= 0.3 is 0 Å². The second-order valence-corrected chi connectivity index (χ2v) is 6.07. The summed E-state index contributed by atoms with van der Waals surface area (Å²) in [5.41, 5.74) is -0.493. The first-order valence-electron chi connectivity index (χ1n) is 7.16. The number of benzene rings is 1. The number of aromatic nitrogens is 2. The zero-order chi connectivity index (χ0) is 15.9. The van der Waals surface area contributed by atoms with E-state index in [0.717, 1.165) is 12.1 Å². The highest BCUT2D eigenvalue weighted by Crippen LogP contribution is 2.45. The Balaban J connectivity index is 2.11. The number of nitrogens with zero attached hydrogens (tertiary/aromatic N) is 3. The lowest BCUT2D eigenvalue weighted by atomic mass is 9.81. The average Bonchev–Trinajstić information content (AvgIpc) is 2.45. The van der Waals surface area contributed by atoms with Gasteiger partial charge < -0.3 is 15.1 Å². The molecular formula is C15H17ClFN3O2. The Kier molecular flexibility index (Phi) is 3.82. The molecule has 0 bridgehead atoms. The number of likely N-dealkylation sites (N-methyl/N-ethyl adjacent to an activating group) is 1. The Morgan fingerprint density at radius 1 is 1.36 bits per heavy atom. The molecule has 1 aromatic heterocycles. The SMILES string of the molecule is CN(CCO)c1cc(Cl)c2nc(C3(F)CCC3)nc(O)c2c1. The molecule has 2 aromatic rings. The van der Waals surface area contributed by atoms with Crippen LogP contribution in [0.2, 0.25) is 5.02 Å². The number of hydrogen-bond acceptors (Lipinski definition) is 5. The van der Waals surface area contributed by atoms with Crippen LogP contribution in [-0.2, 0) is 5.67 Å². The second kappa shape index (κ2) is 5.52. The van der Waals surface area contributed by atoms with E-state index in [1.165, 1.54) is 0 Å². The Labute approximate surface area is 132 Å². The number of aromatic hydroxyl groups is 1. The minimum Gasteiger partial charge on any atom is -0.493 e. The predicted octanol–water partition coefficient (Wildman–Crippen LogP) is 2.77. The molecule has 7 heteroatoms. The molecular weight excluding hydrogens is 309 g/mol. The number of fused-ring (bicyclic) bond motifs is 1. The summed E-state index contributed by atoms with van der Waals surface area (Å²) >= 11 is 6.25. The number of anilines is 1. The van der Waals surface area contributed by atoms with Gasteiger partial charge in [0, 0.05) is 19.3 Å². The topological polar surface area (TPSA) is 69.5 Å². The number of hydrogen-bond donors (Lipinski definition) is 2. The maximum atomic E-state index is 14.5. The van der Waals surface area contributed by atoms with Crippen molar-refractivity contribution >= 4 is 28.2 Å². The minimum atomic E-state index is -1.55. The third-order valence-corrected chi connectivity index (χ3v) is 4.43. The molecule has 0 aliphatic heterocycles. The van der Waals surface area contributed by atoms with Crippen molar-refractivity contribution in [1.29, 1.82) is 0 Å². The van der Waals surface area contributed by atoms with Crippen LogP contribution in [0.1, 0.15) is 25.1 Å². The van der Waals surface area contributed by atoms with E-state index in [9.17, 15) is 9.50 Å². The summed E-state index contributed by atoms with van der Waals surface area (Å²) < 4.78 is 14.5. The summed E-state index contributed by atoms with van der Waals surface area (Å²) in [5, 5.41) is 19.8. The highest BCUT2D eigenvalue weighted by atomic mass is 35.5. The monoisotopic (exact) mass is 325 g/mol. The molecule has 1 aromatic carbocycles. The lowest BCUT2D eigenvalue weighted by molar-refractivity contribution is 0.0504. The zero-order valence-electron chi connectivity index (χ0n) is 12.2. The summed E-state index contributed by atoms with van der Waals surface area (Å²) in [6, 6.07) is 3.36. The van der Waals surface area contributed by atoms with Gasteiger partial charge in [0.15, 0.2) is 11.5 Å². The standard InChI is InChI=1S/C15H17ClFN3O2/c1-20(5-6-21)9-7-10-12(11(16)8-9)18-14(19-13(10)22)15(17)3-2-4-15/h7-8,21H,2-6H2,1H3,(H,18,19,22). The van der Waals surface area contributed by atoms with E-state index in [0.29, 0.717) is 35.3 Å². The molecule has 22 heavy (non-hydrogen) atoms. The van der Waals surface area contributed by atoms with Gasteiger partial charge in [0.25, 0.3) is 0 Å². The summed E-state index contributed by atoms with van der Waals surface area (Å²) in [6.07, 6.45) is 1.52. The van der Waals surface area contributed by atoms with Crippen LogP contribution in [0.15, 0.2) is 12.1 Å². The molecule has 0 spiro atoms. The van der Waals surface area contributed by atoms with Gasteiger partial charge in [-0.1, -0.05) is 11.6 Å². The molecule has 0 amide bonds. The average molecular weight is 326 g/mol. The largest absolute Gasteiger partial charge is 0.493 e. The van der Waals surface area contributed by atoms with Crippen molar-refractivity contribution in [3.63, 3.8) is 0 Å². The quantitative estimate of drug-likeness (QED) is 0.904. The summed E-state index contributed by atoms with van der Waals surface area (Å²) in [5.74, 6) is -0.271. The predicted molar refractivity (Wildman–Crippen MR) is 83.2 cm³/mol. The Morgan fingerprint density at radius 2 is 2.09 bits per heavy atom. The normalized spacial score (nSPS) is 16.5. The lowest BCUT2D eigenvalue weighted by Gasteiger charge is -2.32. The van der Waals surface area contributed by atoms with Crippen molar-refractivity contribution in [3.8, 4) is 5.88 Å². The van der Waals surface area contributed by atoms with E-state index in [2.05, 4.69) is 9.97 Å². The molecule has 0 atom stereocenters. The van der Waals surface area contributed by atoms with Crippen LogP contribution in [0.4, 0.5) is 10.1 Å². The first-order valence-corrected chi connectivity index (χ1v) is 7.54. The van der Waals surface area contributed by atoms with Gasteiger partial charge in [0.05, 0.1) is 22.5 Å². The van der Waals surface area contributed by atoms with Crippen molar-refractivity contribution in [3.05, 3.63) is 23.0 Å². The molecule has 1 aliphatic rings. The molecule has 118 valence electrons. The maximum Gasteiger partial charge on any atom is 0.222 e. The lowest BCUT2D eigenvalue weighted by Crippen LogP contribution is -2.31.